The van der Waals surface area contributed by atoms with Crippen LogP contribution >= 0.6 is 15.9 Å². The first-order valence-electron chi connectivity index (χ1n) is 3.87. The number of halogens is 1. The molecule has 1 aromatic rings. The smallest absolute Gasteiger partial charge is 0.338 e. The van der Waals surface area contributed by atoms with Crippen LogP contribution in [0.15, 0.2) is 34.8 Å². The molecule has 0 fully saturated rings. The second kappa shape index (κ2) is 4.28. The fourth-order valence-electron chi connectivity index (χ4n) is 0.760. The summed E-state index contributed by atoms with van der Waals surface area (Å²) in [6.07, 6.45) is 0. The van der Waals surface area contributed by atoms with Gasteiger partial charge in [0.05, 0.1) is 4.47 Å². The van der Waals surface area contributed by atoms with E-state index in [1.807, 2.05) is 0 Å². The van der Waals surface area contributed by atoms with Gasteiger partial charge >= 0.3 is 5.97 Å². The number of carbonyl (C=O) groups is 1. The lowest BCUT2D eigenvalue weighted by atomic mass is 10.3. The van der Waals surface area contributed by atoms with Crippen molar-refractivity contribution in [3.8, 4) is 11.5 Å². The van der Waals surface area contributed by atoms with Gasteiger partial charge in [-0.3, -0.25) is 0 Å². The van der Waals surface area contributed by atoms with Gasteiger partial charge in [-0.1, -0.05) is 6.58 Å². The van der Waals surface area contributed by atoms with Gasteiger partial charge in [0.15, 0.2) is 0 Å². The second-order valence-electron chi connectivity index (χ2n) is 2.78. The number of hydrogen-bond acceptors (Lipinski definition) is 3. The highest BCUT2D eigenvalue weighted by atomic mass is 79.9. The molecular formula is C10H9BrO3. The van der Waals surface area contributed by atoms with E-state index in [9.17, 15) is 4.79 Å². The molecule has 0 spiro atoms. The molecule has 0 saturated carbocycles. The summed E-state index contributed by atoms with van der Waals surface area (Å²) in [6.45, 7) is 5.03. The van der Waals surface area contributed by atoms with Gasteiger partial charge < -0.3 is 9.84 Å². The number of rotatable bonds is 2. The van der Waals surface area contributed by atoms with Crippen LogP contribution < -0.4 is 4.74 Å². The fourth-order valence-corrected chi connectivity index (χ4v) is 1.21. The maximum absolute atomic E-state index is 11.1. The molecule has 0 heterocycles. The largest absolute Gasteiger partial charge is 0.508 e. The first-order valence-corrected chi connectivity index (χ1v) is 4.66. The molecule has 0 amide bonds. The maximum atomic E-state index is 11.1. The van der Waals surface area contributed by atoms with Gasteiger partial charge in [0.2, 0.25) is 0 Å². The molecule has 0 aliphatic carbocycles. The predicted molar refractivity (Wildman–Crippen MR) is 56.3 cm³/mol. The highest BCUT2D eigenvalue weighted by Crippen LogP contribution is 2.28. The van der Waals surface area contributed by atoms with Crippen LogP contribution in [0.25, 0.3) is 0 Å². The third kappa shape index (κ3) is 2.60. The van der Waals surface area contributed by atoms with Gasteiger partial charge in [0, 0.05) is 5.57 Å². The maximum Gasteiger partial charge on any atom is 0.338 e. The second-order valence-corrected chi connectivity index (χ2v) is 3.64. The van der Waals surface area contributed by atoms with Gasteiger partial charge in [-0.15, -0.1) is 0 Å². The van der Waals surface area contributed by atoms with E-state index in [0.717, 1.165) is 0 Å². The molecule has 1 aromatic carbocycles. The van der Waals surface area contributed by atoms with Crippen molar-refractivity contribution in [2.75, 3.05) is 0 Å². The van der Waals surface area contributed by atoms with Crippen molar-refractivity contribution < 1.29 is 14.6 Å². The minimum absolute atomic E-state index is 0.104. The molecule has 0 bridgehead atoms. The van der Waals surface area contributed by atoms with Gasteiger partial charge in [-0.25, -0.2) is 4.79 Å². The predicted octanol–water partition coefficient (Wildman–Crippen LogP) is 2.64. The van der Waals surface area contributed by atoms with E-state index in [2.05, 4.69) is 22.5 Å². The Bertz CT molecular complexity index is 385. The Morgan fingerprint density at radius 2 is 2.21 bits per heavy atom. The highest BCUT2D eigenvalue weighted by Gasteiger charge is 2.08. The summed E-state index contributed by atoms with van der Waals surface area (Å²) in [7, 11) is 0. The number of hydrogen-bond donors (Lipinski definition) is 1. The van der Waals surface area contributed by atoms with E-state index >= 15 is 0 Å². The number of carbonyl (C=O) groups excluding carboxylic acids is 1. The van der Waals surface area contributed by atoms with Crippen molar-refractivity contribution >= 4 is 21.9 Å². The molecule has 14 heavy (non-hydrogen) atoms. The van der Waals surface area contributed by atoms with Crippen molar-refractivity contribution in [1.29, 1.82) is 0 Å². The summed E-state index contributed by atoms with van der Waals surface area (Å²) in [5.74, 6) is -0.0285. The summed E-state index contributed by atoms with van der Waals surface area (Å²) in [4.78, 5) is 11.1. The van der Waals surface area contributed by atoms with E-state index < -0.39 is 5.97 Å². The fraction of sp³-hybridized carbons (Fsp3) is 0.100. The molecule has 0 saturated heterocycles. The summed E-state index contributed by atoms with van der Waals surface area (Å²) >= 11 is 3.16. The first-order chi connectivity index (χ1) is 6.50. The van der Waals surface area contributed by atoms with Crippen LogP contribution in [-0.4, -0.2) is 11.1 Å². The Hall–Kier alpha value is -1.29. The van der Waals surface area contributed by atoms with Crippen molar-refractivity contribution in [2.45, 2.75) is 6.92 Å². The monoisotopic (exact) mass is 256 g/mol. The highest BCUT2D eigenvalue weighted by molar-refractivity contribution is 9.10. The molecular weight excluding hydrogens is 248 g/mol. The van der Waals surface area contributed by atoms with Crippen LogP contribution in [0.5, 0.6) is 11.5 Å². The summed E-state index contributed by atoms with van der Waals surface area (Å²) in [5, 5.41) is 9.09. The quantitative estimate of drug-likeness (QED) is 0.503. The number of phenols is 1. The Morgan fingerprint density at radius 3 is 2.71 bits per heavy atom. The lowest BCUT2D eigenvalue weighted by Gasteiger charge is -2.05. The molecule has 4 heteroatoms. The lowest BCUT2D eigenvalue weighted by molar-refractivity contribution is -0.130. The van der Waals surface area contributed by atoms with Gasteiger partial charge in [0.25, 0.3) is 0 Å². The van der Waals surface area contributed by atoms with E-state index in [1.165, 1.54) is 18.2 Å². The summed E-state index contributed by atoms with van der Waals surface area (Å²) < 4.78 is 5.49. The standard InChI is InChI=1S/C10H9BrO3/c1-6(2)10(13)14-9-4-3-7(12)5-8(9)11/h3-5,12H,1H2,2H3. The molecule has 1 rings (SSSR count). The summed E-state index contributed by atoms with van der Waals surface area (Å²) in [5.41, 5.74) is 0.324. The molecule has 74 valence electrons. The van der Waals surface area contributed by atoms with Crippen LogP contribution in [0.1, 0.15) is 6.92 Å². The molecule has 1 N–H and O–H groups in total. The van der Waals surface area contributed by atoms with Crippen molar-refractivity contribution in [1.82, 2.24) is 0 Å². The van der Waals surface area contributed by atoms with E-state index in [1.54, 1.807) is 6.92 Å². The SMILES string of the molecule is C=C(C)C(=O)Oc1ccc(O)cc1Br. The number of esters is 1. The summed E-state index contributed by atoms with van der Waals surface area (Å²) in [6, 6.07) is 4.38. The minimum Gasteiger partial charge on any atom is -0.508 e. The number of benzene rings is 1. The Morgan fingerprint density at radius 1 is 1.57 bits per heavy atom. The molecule has 0 aliphatic rings. The molecule has 0 aromatic heterocycles. The Labute approximate surface area is 90.1 Å². The van der Waals surface area contributed by atoms with Crippen molar-refractivity contribution in [3.63, 3.8) is 0 Å². The van der Waals surface area contributed by atoms with Crippen LogP contribution in [-0.2, 0) is 4.79 Å². The van der Waals surface area contributed by atoms with Gasteiger partial charge in [0.1, 0.15) is 11.5 Å². The molecule has 0 atom stereocenters. The zero-order valence-corrected chi connectivity index (χ0v) is 9.17. The van der Waals surface area contributed by atoms with Crippen LogP contribution in [0.2, 0.25) is 0 Å². The van der Waals surface area contributed by atoms with Crippen molar-refractivity contribution in [3.05, 3.63) is 34.8 Å². The Balaban J connectivity index is 2.87. The van der Waals surface area contributed by atoms with Crippen LogP contribution in [0.4, 0.5) is 0 Å². The number of ether oxygens (including phenoxy) is 1. The average molecular weight is 257 g/mol. The molecule has 3 nitrogen and oxygen atoms in total. The lowest BCUT2D eigenvalue weighted by Crippen LogP contribution is -2.08. The minimum atomic E-state index is -0.489. The van der Waals surface area contributed by atoms with E-state index in [4.69, 9.17) is 9.84 Å². The number of phenolic OH excluding ortho intramolecular Hbond substituents is 1. The number of aromatic hydroxyl groups is 1. The Kier molecular flexibility index (Phi) is 3.30. The third-order valence-electron chi connectivity index (χ3n) is 1.47. The van der Waals surface area contributed by atoms with Crippen LogP contribution in [0, 0.1) is 0 Å². The average Bonchev–Trinajstić information content (AvgIpc) is 2.09. The molecule has 0 radical (unpaired) electrons. The third-order valence-corrected chi connectivity index (χ3v) is 2.09. The molecule has 0 aliphatic heterocycles. The van der Waals surface area contributed by atoms with E-state index in [0.29, 0.717) is 15.8 Å². The zero-order chi connectivity index (χ0) is 10.7. The first kappa shape index (κ1) is 10.8. The zero-order valence-electron chi connectivity index (χ0n) is 7.58. The van der Waals surface area contributed by atoms with Gasteiger partial charge in [-0.2, -0.15) is 0 Å². The topological polar surface area (TPSA) is 46.5 Å². The van der Waals surface area contributed by atoms with Crippen molar-refractivity contribution in [2.24, 2.45) is 0 Å². The van der Waals surface area contributed by atoms with Crippen LogP contribution in [0.3, 0.4) is 0 Å². The normalized spacial score (nSPS) is 9.57. The molecule has 0 unspecified atom stereocenters. The van der Waals surface area contributed by atoms with Gasteiger partial charge in [-0.05, 0) is 41.1 Å². The van der Waals surface area contributed by atoms with E-state index in [-0.39, 0.29) is 5.75 Å².